The number of ether oxygens (including phenoxy) is 1. The summed E-state index contributed by atoms with van der Waals surface area (Å²) >= 11 is 0. The van der Waals surface area contributed by atoms with Crippen molar-refractivity contribution < 1.29 is 4.74 Å². The highest BCUT2D eigenvalue weighted by atomic mass is 16.5. The predicted octanol–water partition coefficient (Wildman–Crippen LogP) is 5.22. The van der Waals surface area contributed by atoms with Gasteiger partial charge in [-0.15, -0.1) is 0 Å². The molecule has 2 aromatic rings. The van der Waals surface area contributed by atoms with Crippen LogP contribution in [0.1, 0.15) is 45.1 Å². The summed E-state index contributed by atoms with van der Waals surface area (Å²) in [4.78, 5) is 7.19. The van der Waals surface area contributed by atoms with Crippen LogP contribution < -0.4 is 9.64 Å². The Bertz CT molecular complexity index is 940. The van der Waals surface area contributed by atoms with Gasteiger partial charge in [0.15, 0.2) is 11.5 Å². The van der Waals surface area contributed by atoms with Crippen molar-refractivity contribution in [1.82, 2.24) is 9.80 Å². The van der Waals surface area contributed by atoms with Crippen LogP contribution in [0.15, 0.2) is 42.5 Å². The fourth-order valence-corrected chi connectivity index (χ4v) is 5.64. The Morgan fingerprint density at radius 2 is 1.63 bits per heavy atom. The molecule has 2 bridgehead atoms. The van der Waals surface area contributed by atoms with Gasteiger partial charge in [-0.05, 0) is 76.9 Å². The van der Waals surface area contributed by atoms with Crippen molar-refractivity contribution in [2.75, 3.05) is 25.0 Å². The first-order valence-electron chi connectivity index (χ1n) is 11.4. The number of fused-ring (bicyclic) bond motifs is 4. The van der Waals surface area contributed by atoms with E-state index in [1.165, 1.54) is 31.4 Å². The molecule has 30 heavy (non-hydrogen) atoms. The van der Waals surface area contributed by atoms with Gasteiger partial charge in [0.25, 0.3) is 0 Å². The number of hydrogen-bond acceptors (Lipinski definition) is 4. The zero-order valence-electron chi connectivity index (χ0n) is 18.3. The summed E-state index contributed by atoms with van der Waals surface area (Å²) in [6, 6.07) is 16.6. The van der Waals surface area contributed by atoms with Gasteiger partial charge in [-0.2, -0.15) is 0 Å². The summed E-state index contributed by atoms with van der Waals surface area (Å²) in [5.74, 6) is 2.35. The lowest BCUT2D eigenvalue weighted by molar-refractivity contribution is 0.162. The van der Waals surface area contributed by atoms with E-state index in [2.05, 4.69) is 72.0 Å². The van der Waals surface area contributed by atoms with Gasteiger partial charge in [-0.1, -0.05) is 12.1 Å². The standard InChI is InChI=1S/C25H32N4O/c1-4-28(5-2)25(26)17-10-13-22-24(14-17)30-23-9-7-6-8-21(23)29(22)20-15-18-11-12-19(16-20)27(18)3/h6-10,13-14,18-20,26H,4-5,11-12,15-16H2,1-3H3. The van der Waals surface area contributed by atoms with Crippen LogP contribution in [0.25, 0.3) is 0 Å². The average molecular weight is 405 g/mol. The third-order valence-corrected chi connectivity index (χ3v) is 7.36. The van der Waals surface area contributed by atoms with Crippen LogP contribution in [0.3, 0.4) is 0 Å². The van der Waals surface area contributed by atoms with Crippen molar-refractivity contribution in [3.63, 3.8) is 0 Å². The molecule has 5 nitrogen and oxygen atoms in total. The van der Waals surface area contributed by atoms with Gasteiger partial charge in [-0.3, -0.25) is 5.41 Å². The topological polar surface area (TPSA) is 42.8 Å². The van der Waals surface area contributed by atoms with E-state index < -0.39 is 0 Å². The largest absolute Gasteiger partial charge is 0.453 e. The van der Waals surface area contributed by atoms with Gasteiger partial charge in [-0.25, -0.2) is 0 Å². The Labute approximate surface area is 179 Å². The number of rotatable bonds is 4. The number of amidine groups is 1. The first kappa shape index (κ1) is 19.4. The molecule has 0 aliphatic carbocycles. The van der Waals surface area contributed by atoms with E-state index in [-0.39, 0.29) is 0 Å². The molecule has 0 saturated carbocycles. The molecule has 2 unspecified atom stereocenters. The van der Waals surface area contributed by atoms with Crippen LogP contribution in [-0.4, -0.2) is 53.9 Å². The number of hydrogen-bond donors (Lipinski definition) is 1. The lowest BCUT2D eigenvalue weighted by atomic mass is 9.94. The summed E-state index contributed by atoms with van der Waals surface area (Å²) < 4.78 is 6.36. The van der Waals surface area contributed by atoms with Gasteiger partial charge >= 0.3 is 0 Å². The zero-order valence-corrected chi connectivity index (χ0v) is 18.3. The van der Waals surface area contributed by atoms with Crippen LogP contribution >= 0.6 is 0 Å². The van der Waals surface area contributed by atoms with Crippen LogP contribution in [0.5, 0.6) is 11.5 Å². The molecule has 3 aliphatic rings. The minimum atomic E-state index is 0.482. The fourth-order valence-electron chi connectivity index (χ4n) is 5.64. The molecule has 2 atom stereocenters. The van der Waals surface area contributed by atoms with Crippen molar-refractivity contribution in [2.24, 2.45) is 0 Å². The van der Waals surface area contributed by atoms with Crippen molar-refractivity contribution in [1.29, 1.82) is 5.41 Å². The normalized spacial score (nSPS) is 24.8. The minimum Gasteiger partial charge on any atom is -0.453 e. The first-order chi connectivity index (χ1) is 14.6. The van der Waals surface area contributed by atoms with Gasteiger partial charge in [0.05, 0.1) is 11.4 Å². The molecule has 2 aromatic carbocycles. The maximum atomic E-state index is 8.63. The first-order valence-corrected chi connectivity index (χ1v) is 11.4. The van der Waals surface area contributed by atoms with Crippen LogP contribution in [0, 0.1) is 5.41 Å². The number of anilines is 2. The summed E-state index contributed by atoms with van der Waals surface area (Å²) in [5, 5.41) is 8.63. The Balaban J connectivity index is 1.54. The number of nitrogens with zero attached hydrogens (tertiary/aromatic N) is 3. The number of benzene rings is 2. The Kier molecular flexibility index (Phi) is 4.94. The van der Waals surface area contributed by atoms with Gasteiger partial charge in [0.1, 0.15) is 5.84 Å². The van der Waals surface area contributed by atoms with Gasteiger partial charge in [0.2, 0.25) is 0 Å². The van der Waals surface area contributed by atoms with Crippen molar-refractivity contribution in [2.45, 2.75) is 57.7 Å². The number of para-hydroxylation sites is 2. The molecule has 0 aromatic heterocycles. The Morgan fingerprint density at radius 3 is 2.33 bits per heavy atom. The third kappa shape index (κ3) is 3.07. The molecule has 0 amide bonds. The Hall–Kier alpha value is -2.53. The van der Waals surface area contributed by atoms with E-state index in [0.29, 0.717) is 24.0 Å². The smallest absolute Gasteiger partial charge is 0.151 e. The highest BCUT2D eigenvalue weighted by molar-refractivity contribution is 5.98. The molecule has 3 heterocycles. The molecular weight excluding hydrogens is 372 g/mol. The van der Waals surface area contributed by atoms with Gasteiger partial charge < -0.3 is 19.4 Å². The van der Waals surface area contributed by atoms with E-state index in [1.54, 1.807) is 0 Å². The molecule has 0 spiro atoms. The number of nitrogens with one attached hydrogen (secondary N) is 1. The molecule has 2 fully saturated rings. The fraction of sp³-hybridized carbons (Fsp3) is 0.480. The van der Waals surface area contributed by atoms with E-state index >= 15 is 0 Å². The molecule has 2 saturated heterocycles. The van der Waals surface area contributed by atoms with E-state index in [1.807, 2.05) is 6.07 Å². The molecule has 3 aliphatic heterocycles. The second-order valence-electron chi connectivity index (χ2n) is 8.82. The highest BCUT2D eigenvalue weighted by Gasteiger charge is 2.42. The van der Waals surface area contributed by atoms with Crippen molar-refractivity contribution in [3.05, 3.63) is 48.0 Å². The lowest BCUT2D eigenvalue weighted by Crippen LogP contribution is -2.48. The SMILES string of the molecule is CCN(CC)C(=N)c1ccc2c(c1)Oc1ccccc1N2C1CC2CCC(C1)N2C. The highest BCUT2D eigenvalue weighted by Crippen LogP contribution is 2.50. The minimum absolute atomic E-state index is 0.482. The maximum absolute atomic E-state index is 8.63. The quantitative estimate of drug-likeness (QED) is 0.560. The lowest BCUT2D eigenvalue weighted by Gasteiger charge is -2.45. The van der Waals surface area contributed by atoms with E-state index in [9.17, 15) is 0 Å². The molecule has 0 radical (unpaired) electrons. The predicted molar refractivity (Wildman–Crippen MR) is 122 cm³/mol. The summed E-state index contributed by atoms with van der Waals surface area (Å²) in [5.41, 5.74) is 3.23. The summed E-state index contributed by atoms with van der Waals surface area (Å²) in [6.07, 6.45) is 5.02. The second-order valence-corrected chi connectivity index (χ2v) is 8.82. The van der Waals surface area contributed by atoms with Crippen LogP contribution in [0.4, 0.5) is 11.4 Å². The third-order valence-electron chi connectivity index (χ3n) is 7.36. The molecule has 1 N–H and O–H groups in total. The van der Waals surface area contributed by atoms with E-state index in [0.717, 1.165) is 35.8 Å². The molecule has 5 rings (SSSR count). The van der Waals surface area contributed by atoms with Crippen LogP contribution in [-0.2, 0) is 0 Å². The molecular formula is C25H32N4O. The van der Waals surface area contributed by atoms with Crippen molar-refractivity contribution in [3.8, 4) is 11.5 Å². The second kappa shape index (κ2) is 7.62. The Morgan fingerprint density at radius 1 is 0.967 bits per heavy atom. The van der Waals surface area contributed by atoms with E-state index in [4.69, 9.17) is 10.1 Å². The van der Waals surface area contributed by atoms with Crippen LogP contribution in [0.2, 0.25) is 0 Å². The molecule has 158 valence electrons. The zero-order chi connectivity index (χ0) is 20.8. The molecule has 5 heteroatoms. The average Bonchev–Trinajstić information content (AvgIpc) is 2.98. The van der Waals surface area contributed by atoms with Crippen molar-refractivity contribution >= 4 is 17.2 Å². The summed E-state index contributed by atoms with van der Waals surface area (Å²) in [7, 11) is 2.30. The summed E-state index contributed by atoms with van der Waals surface area (Å²) in [6.45, 7) is 5.86. The maximum Gasteiger partial charge on any atom is 0.151 e. The monoisotopic (exact) mass is 404 g/mol. The van der Waals surface area contributed by atoms with Gasteiger partial charge in [0, 0.05) is 36.8 Å². The number of piperidine rings is 1.